The molecular formula is C8H15NO2. The maximum atomic E-state index is 11.0. The number of ether oxygens (including phenoxy) is 1. The summed E-state index contributed by atoms with van der Waals surface area (Å²) in [5.41, 5.74) is 0. The molecule has 3 unspecified atom stereocenters. The Kier molecular flexibility index (Phi) is 2.49. The molecule has 0 saturated carbocycles. The van der Waals surface area contributed by atoms with Crippen molar-refractivity contribution in [3.8, 4) is 0 Å². The Morgan fingerprint density at radius 3 is 2.73 bits per heavy atom. The molecule has 1 N–H and O–H groups in total. The molecule has 0 aromatic rings. The molecule has 0 bridgehead atoms. The molecule has 64 valence electrons. The summed E-state index contributed by atoms with van der Waals surface area (Å²) in [7, 11) is 1.68. The Morgan fingerprint density at radius 1 is 1.73 bits per heavy atom. The van der Waals surface area contributed by atoms with Crippen LogP contribution < -0.4 is 5.32 Å². The van der Waals surface area contributed by atoms with Gasteiger partial charge in [-0.05, 0) is 6.92 Å². The van der Waals surface area contributed by atoms with E-state index in [1.165, 1.54) is 0 Å². The van der Waals surface area contributed by atoms with Gasteiger partial charge in [0.2, 0.25) is 5.91 Å². The Balaban J connectivity index is 2.54. The first-order valence-electron chi connectivity index (χ1n) is 3.97. The molecule has 1 aliphatic rings. The fourth-order valence-corrected chi connectivity index (χ4v) is 1.50. The van der Waals surface area contributed by atoms with Crippen molar-refractivity contribution in [2.45, 2.75) is 20.0 Å². The molecule has 1 rings (SSSR count). The lowest BCUT2D eigenvalue weighted by atomic mass is 9.93. The average Bonchev–Trinajstić information content (AvgIpc) is 2.32. The van der Waals surface area contributed by atoms with E-state index in [1.807, 2.05) is 13.8 Å². The molecule has 3 nitrogen and oxygen atoms in total. The van der Waals surface area contributed by atoms with Crippen molar-refractivity contribution in [3.05, 3.63) is 0 Å². The van der Waals surface area contributed by atoms with Gasteiger partial charge in [0.25, 0.3) is 0 Å². The standard InChI is InChI=1S/C8H15NO2/c1-5-7(6(2)11-3)4-9-8(5)10/h5-7H,4H2,1-3H3,(H,9,10). The highest BCUT2D eigenvalue weighted by Gasteiger charge is 2.34. The Labute approximate surface area is 67.1 Å². The zero-order chi connectivity index (χ0) is 8.43. The summed E-state index contributed by atoms with van der Waals surface area (Å²) in [6.07, 6.45) is 0.170. The van der Waals surface area contributed by atoms with Crippen LogP contribution in [0.25, 0.3) is 0 Å². The second kappa shape index (κ2) is 3.22. The number of amides is 1. The largest absolute Gasteiger partial charge is 0.381 e. The SMILES string of the molecule is COC(C)C1CNC(=O)C1C. The highest BCUT2D eigenvalue weighted by Crippen LogP contribution is 2.21. The topological polar surface area (TPSA) is 38.3 Å². The zero-order valence-electron chi connectivity index (χ0n) is 7.26. The summed E-state index contributed by atoms with van der Waals surface area (Å²) in [6.45, 7) is 4.71. The minimum atomic E-state index is 0.102. The van der Waals surface area contributed by atoms with E-state index in [0.717, 1.165) is 6.54 Å². The van der Waals surface area contributed by atoms with Crippen LogP contribution in [0.4, 0.5) is 0 Å². The third-order valence-corrected chi connectivity index (χ3v) is 2.54. The highest BCUT2D eigenvalue weighted by molar-refractivity contribution is 5.80. The molecule has 0 aliphatic carbocycles. The van der Waals surface area contributed by atoms with Gasteiger partial charge in [0.1, 0.15) is 0 Å². The van der Waals surface area contributed by atoms with Crippen LogP contribution >= 0.6 is 0 Å². The molecule has 1 fully saturated rings. The van der Waals surface area contributed by atoms with E-state index in [1.54, 1.807) is 7.11 Å². The molecule has 0 aromatic heterocycles. The van der Waals surface area contributed by atoms with Gasteiger partial charge >= 0.3 is 0 Å². The predicted octanol–water partition coefficient (Wildman–Crippen LogP) is 0.403. The van der Waals surface area contributed by atoms with Crippen LogP contribution in [0.5, 0.6) is 0 Å². The first-order chi connectivity index (χ1) is 5.16. The molecule has 1 aliphatic heterocycles. The van der Waals surface area contributed by atoms with Crippen LogP contribution in [0.2, 0.25) is 0 Å². The lowest BCUT2D eigenvalue weighted by Gasteiger charge is -2.18. The summed E-state index contributed by atoms with van der Waals surface area (Å²) in [4.78, 5) is 11.0. The molecular weight excluding hydrogens is 142 g/mol. The third-order valence-electron chi connectivity index (χ3n) is 2.54. The van der Waals surface area contributed by atoms with Gasteiger partial charge in [-0.1, -0.05) is 6.92 Å². The Bertz CT molecular complexity index is 158. The average molecular weight is 157 g/mol. The summed E-state index contributed by atoms with van der Waals surface area (Å²) >= 11 is 0. The van der Waals surface area contributed by atoms with Gasteiger partial charge in [0.05, 0.1) is 6.10 Å². The molecule has 1 heterocycles. The zero-order valence-corrected chi connectivity index (χ0v) is 7.26. The number of methoxy groups -OCH3 is 1. The van der Waals surface area contributed by atoms with Crippen LogP contribution in [-0.4, -0.2) is 25.7 Å². The van der Waals surface area contributed by atoms with Crippen molar-refractivity contribution in [3.63, 3.8) is 0 Å². The second-order valence-electron chi connectivity index (χ2n) is 3.14. The van der Waals surface area contributed by atoms with Gasteiger partial charge in [0.15, 0.2) is 0 Å². The summed E-state index contributed by atoms with van der Waals surface area (Å²) in [5, 5.41) is 2.82. The summed E-state index contributed by atoms with van der Waals surface area (Å²) < 4.78 is 5.16. The van der Waals surface area contributed by atoms with Crippen molar-refractivity contribution in [1.29, 1.82) is 0 Å². The summed E-state index contributed by atoms with van der Waals surface area (Å²) in [6, 6.07) is 0. The normalized spacial score (nSPS) is 33.5. The van der Waals surface area contributed by atoms with Gasteiger partial charge in [0, 0.05) is 25.5 Å². The minimum absolute atomic E-state index is 0.102. The van der Waals surface area contributed by atoms with E-state index in [9.17, 15) is 4.79 Å². The Hall–Kier alpha value is -0.570. The van der Waals surface area contributed by atoms with E-state index in [4.69, 9.17) is 4.74 Å². The molecule has 3 atom stereocenters. The van der Waals surface area contributed by atoms with E-state index in [0.29, 0.717) is 5.92 Å². The van der Waals surface area contributed by atoms with Crippen molar-refractivity contribution in [2.75, 3.05) is 13.7 Å². The maximum absolute atomic E-state index is 11.0. The molecule has 3 heteroatoms. The fraction of sp³-hybridized carbons (Fsp3) is 0.875. The van der Waals surface area contributed by atoms with Crippen LogP contribution in [0.1, 0.15) is 13.8 Å². The fourth-order valence-electron chi connectivity index (χ4n) is 1.50. The Morgan fingerprint density at radius 2 is 2.36 bits per heavy atom. The van der Waals surface area contributed by atoms with Crippen LogP contribution in [-0.2, 0) is 9.53 Å². The molecule has 0 radical (unpaired) electrons. The molecule has 1 saturated heterocycles. The van der Waals surface area contributed by atoms with Gasteiger partial charge < -0.3 is 10.1 Å². The van der Waals surface area contributed by atoms with Crippen LogP contribution in [0.15, 0.2) is 0 Å². The van der Waals surface area contributed by atoms with Gasteiger partial charge in [-0.3, -0.25) is 4.79 Å². The third kappa shape index (κ3) is 1.53. The van der Waals surface area contributed by atoms with Crippen molar-refractivity contribution >= 4 is 5.91 Å². The van der Waals surface area contributed by atoms with Gasteiger partial charge in [-0.15, -0.1) is 0 Å². The number of hydrogen-bond donors (Lipinski definition) is 1. The van der Waals surface area contributed by atoms with E-state index >= 15 is 0 Å². The van der Waals surface area contributed by atoms with Crippen molar-refractivity contribution in [1.82, 2.24) is 5.32 Å². The first kappa shape index (κ1) is 8.53. The predicted molar refractivity (Wildman–Crippen MR) is 42.1 cm³/mol. The number of rotatable bonds is 2. The highest BCUT2D eigenvalue weighted by atomic mass is 16.5. The minimum Gasteiger partial charge on any atom is -0.381 e. The number of nitrogens with one attached hydrogen (secondary N) is 1. The lowest BCUT2D eigenvalue weighted by molar-refractivity contribution is -0.123. The lowest BCUT2D eigenvalue weighted by Crippen LogP contribution is -2.25. The van der Waals surface area contributed by atoms with E-state index < -0.39 is 0 Å². The second-order valence-corrected chi connectivity index (χ2v) is 3.14. The number of hydrogen-bond acceptors (Lipinski definition) is 2. The quantitative estimate of drug-likeness (QED) is 0.630. The smallest absolute Gasteiger partial charge is 0.223 e. The number of carbonyl (C=O) groups excluding carboxylic acids is 1. The van der Waals surface area contributed by atoms with Gasteiger partial charge in [-0.25, -0.2) is 0 Å². The van der Waals surface area contributed by atoms with Crippen LogP contribution in [0, 0.1) is 11.8 Å². The maximum Gasteiger partial charge on any atom is 0.223 e. The van der Waals surface area contributed by atoms with Gasteiger partial charge in [-0.2, -0.15) is 0 Å². The molecule has 0 aromatic carbocycles. The number of carbonyl (C=O) groups is 1. The van der Waals surface area contributed by atoms with E-state index in [2.05, 4.69) is 5.32 Å². The molecule has 1 amide bonds. The monoisotopic (exact) mass is 157 g/mol. The molecule has 11 heavy (non-hydrogen) atoms. The first-order valence-corrected chi connectivity index (χ1v) is 3.97. The molecule has 0 spiro atoms. The van der Waals surface area contributed by atoms with Crippen LogP contribution in [0.3, 0.4) is 0 Å². The van der Waals surface area contributed by atoms with Crippen molar-refractivity contribution < 1.29 is 9.53 Å². The summed E-state index contributed by atoms with van der Waals surface area (Å²) in [5.74, 6) is 0.594. The van der Waals surface area contributed by atoms with E-state index in [-0.39, 0.29) is 17.9 Å². The van der Waals surface area contributed by atoms with Crippen molar-refractivity contribution in [2.24, 2.45) is 11.8 Å².